The maximum Gasteiger partial charge on any atom is 0.351 e. The highest BCUT2D eigenvalue weighted by Crippen LogP contribution is 2.67. The molecule has 5 atom stereocenters. The fraction of sp³-hybridized carbons (Fsp3) is 0.700. The molecule has 13 heteroatoms. The summed E-state index contributed by atoms with van der Waals surface area (Å²) in [5, 5.41) is 3.48. The third kappa shape index (κ3) is 4.25. The smallest absolute Gasteiger partial charge is 0.351 e. The SMILES string of the molecule is CCCCC(=O)OC1[C@@]2(CN=[N+]=[N-])O[C@@H](n3ccc(N)nc3=O)[C@H](F)[C@@]12OC(=O)CCCC. The average Bonchev–Trinajstić information content (AvgIpc) is 3.20. The number of alkyl halides is 1. The van der Waals surface area contributed by atoms with Crippen molar-refractivity contribution in [2.75, 3.05) is 12.3 Å². The van der Waals surface area contributed by atoms with E-state index in [0.29, 0.717) is 19.3 Å². The average molecular weight is 466 g/mol. The first-order chi connectivity index (χ1) is 15.8. The number of fused-ring (bicyclic) bond motifs is 1. The summed E-state index contributed by atoms with van der Waals surface area (Å²) >= 11 is 0. The summed E-state index contributed by atoms with van der Waals surface area (Å²) in [5.41, 5.74) is 9.63. The Hall–Kier alpha value is -3.18. The van der Waals surface area contributed by atoms with Crippen LogP contribution < -0.4 is 11.4 Å². The highest BCUT2D eigenvalue weighted by molar-refractivity contribution is 5.73. The topological polar surface area (TPSA) is 171 Å². The van der Waals surface area contributed by atoms with Crippen LogP contribution in [-0.4, -0.2) is 51.5 Å². The minimum Gasteiger partial charge on any atom is -0.455 e. The van der Waals surface area contributed by atoms with Crippen LogP contribution in [0.15, 0.2) is 22.2 Å². The van der Waals surface area contributed by atoms with E-state index in [1.165, 1.54) is 12.3 Å². The van der Waals surface area contributed by atoms with E-state index in [0.717, 1.165) is 11.0 Å². The van der Waals surface area contributed by atoms with Crippen molar-refractivity contribution in [3.63, 3.8) is 0 Å². The van der Waals surface area contributed by atoms with E-state index in [-0.39, 0.29) is 18.7 Å². The molecule has 33 heavy (non-hydrogen) atoms. The molecule has 1 aliphatic carbocycles. The van der Waals surface area contributed by atoms with Crippen molar-refractivity contribution in [1.82, 2.24) is 9.55 Å². The Morgan fingerprint density at radius 3 is 2.61 bits per heavy atom. The van der Waals surface area contributed by atoms with Crippen molar-refractivity contribution in [3.05, 3.63) is 33.2 Å². The van der Waals surface area contributed by atoms with Crippen LogP contribution in [0.25, 0.3) is 10.4 Å². The van der Waals surface area contributed by atoms with E-state index in [1.807, 2.05) is 13.8 Å². The first-order valence-corrected chi connectivity index (χ1v) is 10.9. The predicted octanol–water partition coefficient (Wildman–Crippen LogP) is 2.33. The number of aromatic nitrogens is 2. The van der Waals surface area contributed by atoms with Gasteiger partial charge in [0.05, 0.1) is 6.54 Å². The van der Waals surface area contributed by atoms with E-state index in [2.05, 4.69) is 15.0 Å². The van der Waals surface area contributed by atoms with E-state index in [1.54, 1.807) is 0 Å². The minimum absolute atomic E-state index is 0.00705. The van der Waals surface area contributed by atoms with Crippen LogP contribution in [-0.2, 0) is 23.8 Å². The lowest BCUT2D eigenvalue weighted by Gasteiger charge is -2.24. The Balaban J connectivity index is 2.00. The first kappa shape index (κ1) is 24.5. The highest BCUT2D eigenvalue weighted by atomic mass is 19.1. The Bertz CT molecular complexity index is 1010. The van der Waals surface area contributed by atoms with Crippen molar-refractivity contribution in [2.24, 2.45) is 5.11 Å². The van der Waals surface area contributed by atoms with Crippen molar-refractivity contribution < 1.29 is 28.2 Å². The van der Waals surface area contributed by atoms with Gasteiger partial charge in [-0.1, -0.05) is 31.8 Å². The molecule has 1 aliphatic heterocycles. The maximum absolute atomic E-state index is 16.0. The molecule has 12 nitrogen and oxygen atoms in total. The van der Waals surface area contributed by atoms with Gasteiger partial charge in [0.2, 0.25) is 5.60 Å². The number of anilines is 1. The van der Waals surface area contributed by atoms with Gasteiger partial charge < -0.3 is 19.9 Å². The Morgan fingerprint density at radius 2 is 2.00 bits per heavy atom. The maximum atomic E-state index is 16.0. The van der Waals surface area contributed by atoms with Crippen LogP contribution in [0.4, 0.5) is 10.2 Å². The fourth-order valence-electron chi connectivity index (χ4n) is 4.14. The minimum atomic E-state index is -2.12. The number of carbonyl (C=O) groups is 2. The van der Waals surface area contributed by atoms with E-state index in [9.17, 15) is 14.4 Å². The third-order valence-corrected chi connectivity index (χ3v) is 5.88. The monoisotopic (exact) mass is 466 g/mol. The van der Waals surface area contributed by atoms with Crippen LogP contribution >= 0.6 is 0 Å². The molecule has 0 radical (unpaired) electrons. The van der Waals surface area contributed by atoms with Gasteiger partial charge >= 0.3 is 17.6 Å². The molecule has 180 valence electrons. The van der Waals surface area contributed by atoms with Gasteiger partial charge in [-0.15, -0.1) is 0 Å². The molecule has 2 N–H and O–H groups in total. The van der Waals surface area contributed by atoms with Gasteiger partial charge in [0.25, 0.3) is 0 Å². The van der Waals surface area contributed by atoms with Crippen LogP contribution in [0.3, 0.4) is 0 Å². The molecule has 0 spiro atoms. The summed E-state index contributed by atoms with van der Waals surface area (Å²) < 4.78 is 33.7. The Kier molecular flexibility index (Phi) is 7.23. The zero-order valence-electron chi connectivity index (χ0n) is 18.5. The molecule has 2 heterocycles. The number of unbranched alkanes of at least 4 members (excludes halogenated alkanes) is 2. The summed E-state index contributed by atoms with van der Waals surface area (Å²) in [4.78, 5) is 43.4. The summed E-state index contributed by atoms with van der Waals surface area (Å²) in [6.07, 6.45) is -1.26. The van der Waals surface area contributed by atoms with Crippen LogP contribution in [0, 0.1) is 0 Å². The molecule has 1 saturated carbocycles. The standard InChI is InChI=1S/C20H27FN6O6/c1-3-5-7-13(28)31-17-19(11-24-26-23)20(17,32-14(29)8-6-4-2)15(21)16(33-19)27-10-9-12(22)25-18(27)30/h9-10,15-17H,3-8,11H2,1-2H3,(H2,22,25,30)/t15-,16+,17?,19+,20+/m0/s1. The number of hydrogen-bond acceptors (Lipinski definition) is 9. The number of nitrogens with zero attached hydrogens (tertiary/aromatic N) is 5. The Labute approximate surface area is 188 Å². The zero-order chi connectivity index (χ0) is 24.2. The van der Waals surface area contributed by atoms with E-state index in [4.69, 9.17) is 25.5 Å². The molecular formula is C20H27FN6O6. The molecule has 1 saturated heterocycles. The van der Waals surface area contributed by atoms with Gasteiger partial charge in [0.1, 0.15) is 5.82 Å². The first-order valence-electron chi connectivity index (χ1n) is 10.9. The summed E-state index contributed by atoms with van der Waals surface area (Å²) in [6.45, 7) is 3.29. The highest BCUT2D eigenvalue weighted by Gasteiger charge is 2.93. The molecule has 1 aromatic heterocycles. The fourth-order valence-corrected chi connectivity index (χ4v) is 4.14. The van der Waals surface area contributed by atoms with E-state index < -0.39 is 53.9 Å². The molecule has 2 fully saturated rings. The predicted molar refractivity (Wildman–Crippen MR) is 112 cm³/mol. The number of hydrogen-bond donors (Lipinski definition) is 1. The van der Waals surface area contributed by atoms with E-state index >= 15 is 4.39 Å². The molecule has 0 bridgehead atoms. The summed E-state index contributed by atoms with van der Waals surface area (Å²) in [6, 6.07) is 1.28. The molecule has 1 unspecified atom stereocenters. The lowest BCUT2D eigenvalue weighted by atomic mass is 10.1. The van der Waals surface area contributed by atoms with Gasteiger partial charge in [-0.05, 0) is 24.4 Å². The lowest BCUT2D eigenvalue weighted by molar-refractivity contribution is -0.168. The van der Waals surface area contributed by atoms with Crippen molar-refractivity contribution in [1.29, 1.82) is 0 Å². The summed E-state index contributed by atoms with van der Waals surface area (Å²) in [5.74, 6) is -1.41. The number of halogens is 1. The van der Waals surface area contributed by atoms with Crippen molar-refractivity contribution in [3.8, 4) is 0 Å². The quantitative estimate of drug-likeness (QED) is 0.224. The third-order valence-electron chi connectivity index (χ3n) is 5.88. The van der Waals surface area contributed by atoms with Crippen molar-refractivity contribution in [2.45, 2.75) is 82.1 Å². The normalized spacial score (nSPS) is 29.6. The number of nitrogens with two attached hydrogens (primary N) is 1. The number of nitrogen functional groups attached to an aromatic ring is 1. The second-order valence-electron chi connectivity index (χ2n) is 8.08. The largest absolute Gasteiger partial charge is 0.455 e. The molecule has 0 aromatic carbocycles. The van der Waals surface area contributed by atoms with Crippen LogP contribution in [0.1, 0.15) is 58.6 Å². The summed E-state index contributed by atoms with van der Waals surface area (Å²) in [7, 11) is 0. The molecule has 2 aliphatic rings. The number of carbonyl (C=O) groups excluding carboxylic acids is 2. The lowest BCUT2D eigenvalue weighted by Crippen LogP contribution is -2.41. The van der Waals surface area contributed by atoms with Gasteiger partial charge in [-0.2, -0.15) is 4.98 Å². The molecule has 0 amide bonds. The molecular weight excluding hydrogens is 439 g/mol. The Morgan fingerprint density at radius 1 is 1.33 bits per heavy atom. The number of ether oxygens (including phenoxy) is 3. The zero-order valence-corrected chi connectivity index (χ0v) is 18.5. The number of rotatable bonds is 11. The second-order valence-corrected chi connectivity index (χ2v) is 8.08. The van der Waals surface area contributed by atoms with Gasteiger partial charge in [-0.25, -0.2) is 9.18 Å². The van der Waals surface area contributed by atoms with Crippen LogP contribution in [0.2, 0.25) is 0 Å². The number of azide groups is 1. The van der Waals surface area contributed by atoms with Gasteiger partial charge in [0.15, 0.2) is 24.1 Å². The van der Waals surface area contributed by atoms with Crippen molar-refractivity contribution >= 4 is 17.8 Å². The second kappa shape index (κ2) is 9.75. The molecule has 1 aromatic rings. The molecule has 3 rings (SSSR count). The number of esters is 2. The van der Waals surface area contributed by atoms with Crippen LogP contribution in [0.5, 0.6) is 0 Å². The van der Waals surface area contributed by atoms with Gasteiger partial charge in [-0.3, -0.25) is 14.2 Å². The van der Waals surface area contributed by atoms with Gasteiger partial charge in [0, 0.05) is 24.0 Å².